The minimum Gasteiger partial charge on any atom is -0.487 e. The molecule has 3 nitrogen and oxygen atoms in total. The van der Waals surface area contributed by atoms with Crippen LogP contribution < -0.4 is 10.1 Å². The van der Waals surface area contributed by atoms with Gasteiger partial charge in [0.2, 0.25) is 0 Å². The van der Waals surface area contributed by atoms with Crippen LogP contribution in [0.25, 0.3) is 0 Å². The van der Waals surface area contributed by atoms with Gasteiger partial charge in [0, 0.05) is 12.7 Å². The smallest absolute Gasteiger partial charge is 0.130 e. The number of nitrogens with one attached hydrogen (secondary N) is 1. The second-order valence-corrected chi connectivity index (χ2v) is 4.97. The van der Waals surface area contributed by atoms with Crippen LogP contribution in [0.1, 0.15) is 22.4 Å². The molecule has 0 fully saturated rings. The molecule has 0 amide bonds. The number of benzene rings is 1. The highest BCUT2D eigenvalue weighted by Gasteiger charge is 2.09. The molecule has 0 saturated heterocycles. The highest BCUT2D eigenvalue weighted by atomic mass is 16.5. The first kappa shape index (κ1) is 12.2. The number of hydrogen-bond donors (Lipinski definition) is 1. The number of pyridine rings is 1. The first-order valence-corrected chi connectivity index (χ1v) is 6.68. The average molecular weight is 254 g/mol. The molecule has 2 aromatic rings. The van der Waals surface area contributed by atoms with Gasteiger partial charge in [-0.1, -0.05) is 12.1 Å². The number of aryl methyl sites for hydroxylation is 1. The van der Waals surface area contributed by atoms with Crippen LogP contribution in [-0.2, 0) is 19.6 Å². The summed E-state index contributed by atoms with van der Waals surface area (Å²) in [4.78, 5) is 4.34. The van der Waals surface area contributed by atoms with Crippen LogP contribution in [0.5, 0.6) is 5.75 Å². The van der Waals surface area contributed by atoms with Crippen molar-refractivity contribution in [3.05, 3.63) is 58.9 Å². The van der Waals surface area contributed by atoms with E-state index in [1.807, 2.05) is 19.2 Å². The van der Waals surface area contributed by atoms with Crippen molar-refractivity contribution in [1.29, 1.82) is 0 Å². The van der Waals surface area contributed by atoms with Crippen molar-refractivity contribution >= 4 is 0 Å². The highest BCUT2D eigenvalue weighted by Crippen LogP contribution is 2.21. The molecule has 98 valence electrons. The van der Waals surface area contributed by atoms with Gasteiger partial charge in [-0.05, 0) is 54.8 Å². The van der Waals surface area contributed by atoms with Crippen molar-refractivity contribution in [3.8, 4) is 5.75 Å². The first-order valence-electron chi connectivity index (χ1n) is 6.68. The predicted molar refractivity (Wildman–Crippen MR) is 75.2 cm³/mol. The largest absolute Gasteiger partial charge is 0.487 e. The molecule has 1 aliphatic heterocycles. The predicted octanol–water partition coefficient (Wildman–Crippen LogP) is 2.61. The molecule has 1 aliphatic rings. The molecule has 2 heterocycles. The van der Waals surface area contributed by atoms with Gasteiger partial charge in [0.25, 0.3) is 0 Å². The maximum atomic E-state index is 5.81. The Morgan fingerprint density at radius 1 is 1.21 bits per heavy atom. The maximum Gasteiger partial charge on any atom is 0.130 e. The Hall–Kier alpha value is -1.87. The summed E-state index contributed by atoms with van der Waals surface area (Å²) in [5, 5.41) is 3.38. The molecule has 3 rings (SSSR count). The fourth-order valence-corrected chi connectivity index (χ4v) is 2.29. The lowest BCUT2D eigenvalue weighted by Crippen LogP contribution is -2.23. The minimum atomic E-state index is 0.520. The van der Waals surface area contributed by atoms with Crippen molar-refractivity contribution in [2.75, 3.05) is 6.54 Å². The van der Waals surface area contributed by atoms with Gasteiger partial charge in [0.1, 0.15) is 12.4 Å². The van der Waals surface area contributed by atoms with E-state index in [1.54, 1.807) is 0 Å². The second-order valence-electron chi connectivity index (χ2n) is 4.97. The van der Waals surface area contributed by atoms with Crippen molar-refractivity contribution in [3.63, 3.8) is 0 Å². The van der Waals surface area contributed by atoms with Crippen LogP contribution in [-0.4, -0.2) is 11.5 Å². The minimum absolute atomic E-state index is 0.520. The van der Waals surface area contributed by atoms with E-state index in [4.69, 9.17) is 4.74 Å². The molecular weight excluding hydrogens is 236 g/mol. The Kier molecular flexibility index (Phi) is 3.47. The molecule has 0 aliphatic carbocycles. The van der Waals surface area contributed by atoms with E-state index in [-0.39, 0.29) is 0 Å². The topological polar surface area (TPSA) is 34.1 Å². The second kappa shape index (κ2) is 5.41. The highest BCUT2D eigenvalue weighted by molar-refractivity contribution is 5.37. The number of fused-ring (bicyclic) bond motifs is 1. The van der Waals surface area contributed by atoms with Crippen LogP contribution in [0.15, 0.2) is 36.5 Å². The molecule has 0 saturated carbocycles. The zero-order chi connectivity index (χ0) is 13.1. The molecule has 0 atom stereocenters. The number of hydrogen-bond acceptors (Lipinski definition) is 3. The first-order chi connectivity index (χ1) is 9.31. The molecule has 1 aromatic heterocycles. The van der Waals surface area contributed by atoms with Crippen LogP contribution in [0.4, 0.5) is 0 Å². The fourth-order valence-electron chi connectivity index (χ4n) is 2.29. The van der Waals surface area contributed by atoms with E-state index >= 15 is 0 Å². The molecular formula is C16H18N2O. The van der Waals surface area contributed by atoms with E-state index in [1.165, 1.54) is 16.7 Å². The molecule has 1 N–H and O–H groups in total. The van der Waals surface area contributed by atoms with Gasteiger partial charge in [-0.3, -0.25) is 4.98 Å². The molecule has 19 heavy (non-hydrogen) atoms. The summed E-state index contributed by atoms with van der Waals surface area (Å²) in [5.41, 5.74) is 4.91. The zero-order valence-electron chi connectivity index (χ0n) is 11.1. The lowest BCUT2D eigenvalue weighted by atomic mass is 10.0. The summed E-state index contributed by atoms with van der Waals surface area (Å²) in [6.45, 7) is 4.57. The van der Waals surface area contributed by atoms with Crippen molar-refractivity contribution in [2.45, 2.75) is 26.5 Å². The number of rotatable bonds is 3. The van der Waals surface area contributed by atoms with Gasteiger partial charge in [-0.2, -0.15) is 0 Å². The number of ether oxygens (including phenoxy) is 1. The Morgan fingerprint density at radius 2 is 2.16 bits per heavy atom. The third-order valence-electron chi connectivity index (χ3n) is 3.42. The molecule has 0 unspecified atom stereocenters. The third kappa shape index (κ3) is 2.93. The summed E-state index contributed by atoms with van der Waals surface area (Å²) in [6.07, 6.45) is 2.98. The standard InChI is InChI=1S/C16H18N2O/c1-12-2-4-15(18-9-12)11-19-16-5-3-13-6-7-17-10-14(13)8-16/h2-5,8-9,17H,6-7,10-11H2,1H3. The molecule has 0 radical (unpaired) electrons. The Labute approximate surface area is 113 Å². The number of aromatic nitrogens is 1. The summed E-state index contributed by atoms with van der Waals surface area (Å²) in [5.74, 6) is 0.921. The van der Waals surface area contributed by atoms with E-state index in [0.29, 0.717) is 6.61 Å². The lowest BCUT2D eigenvalue weighted by Gasteiger charge is -2.18. The summed E-state index contributed by atoms with van der Waals surface area (Å²) >= 11 is 0. The van der Waals surface area contributed by atoms with Gasteiger partial charge < -0.3 is 10.1 Å². The zero-order valence-corrected chi connectivity index (χ0v) is 11.1. The van der Waals surface area contributed by atoms with Gasteiger partial charge in [-0.25, -0.2) is 0 Å². The lowest BCUT2D eigenvalue weighted by molar-refractivity contribution is 0.300. The van der Waals surface area contributed by atoms with E-state index in [0.717, 1.165) is 31.0 Å². The normalized spacial score (nSPS) is 13.9. The summed E-state index contributed by atoms with van der Waals surface area (Å²) < 4.78 is 5.81. The maximum absolute atomic E-state index is 5.81. The summed E-state index contributed by atoms with van der Waals surface area (Å²) in [7, 11) is 0. The SMILES string of the molecule is Cc1ccc(COc2ccc3c(c2)CNCC3)nc1. The average Bonchev–Trinajstić information content (AvgIpc) is 2.46. The van der Waals surface area contributed by atoms with Gasteiger partial charge >= 0.3 is 0 Å². The van der Waals surface area contributed by atoms with Crippen LogP contribution in [0, 0.1) is 6.92 Å². The monoisotopic (exact) mass is 254 g/mol. The summed E-state index contributed by atoms with van der Waals surface area (Å²) in [6, 6.07) is 10.4. The van der Waals surface area contributed by atoms with Gasteiger partial charge in [-0.15, -0.1) is 0 Å². The quantitative estimate of drug-likeness (QED) is 0.914. The van der Waals surface area contributed by atoms with Gasteiger partial charge in [0.05, 0.1) is 5.69 Å². The Morgan fingerprint density at radius 3 is 3.00 bits per heavy atom. The van der Waals surface area contributed by atoms with E-state index in [9.17, 15) is 0 Å². The Balaban J connectivity index is 1.68. The fraction of sp³-hybridized carbons (Fsp3) is 0.312. The molecule has 1 aromatic carbocycles. The third-order valence-corrected chi connectivity index (χ3v) is 3.42. The molecule has 0 bridgehead atoms. The van der Waals surface area contributed by atoms with Crippen LogP contribution in [0.2, 0.25) is 0 Å². The van der Waals surface area contributed by atoms with Gasteiger partial charge in [0.15, 0.2) is 0 Å². The van der Waals surface area contributed by atoms with E-state index in [2.05, 4.69) is 34.6 Å². The van der Waals surface area contributed by atoms with Crippen molar-refractivity contribution < 1.29 is 4.74 Å². The Bertz CT molecular complexity index is 563. The van der Waals surface area contributed by atoms with Crippen molar-refractivity contribution in [2.24, 2.45) is 0 Å². The van der Waals surface area contributed by atoms with E-state index < -0.39 is 0 Å². The molecule has 3 heteroatoms. The van der Waals surface area contributed by atoms with Crippen molar-refractivity contribution in [1.82, 2.24) is 10.3 Å². The number of nitrogens with zero attached hydrogens (tertiary/aromatic N) is 1. The van der Waals surface area contributed by atoms with Crippen LogP contribution in [0.3, 0.4) is 0 Å². The van der Waals surface area contributed by atoms with Crippen LogP contribution >= 0.6 is 0 Å². The molecule has 0 spiro atoms.